The van der Waals surface area contributed by atoms with Crippen LogP contribution in [0.15, 0.2) is 24.3 Å². The van der Waals surface area contributed by atoms with E-state index in [0.717, 1.165) is 5.92 Å². The third-order valence-corrected chi connectivity index (χ3v) is 2.81. The summed E-state index contributed by atoms with van der Waals surface area (Å²) < 4.78 is 5.40. The van der Waals surface area contributed by atoms with E-state index in [-0.39, 0.29) is 18.9 Å². The minimum Gasteiger partial charge on any atom is -0.381 e. The van der Waals surface area contributed by atoms with Gasteiger partial charge in [0.05, 0.1) is 6.10 Å². The predicted molar refractivity (Wildman–Crippen MR) is 61.3 cm³/mol. The Morgan fingerprint density at radius 1 is 1.13 bits per heavy atom. The predicted octanol–water partition coefficient (Wildman–Crippen LogP) is 0.574. The molecule has 0 N–H and O–H groups in total. The summed E-state index contributed by atoms with van der Waals surface area (Å²) in [5, 5.41) is 0. The van der Waals surface area contributed by atoms with Gasteiger partial charge in [-0.15, -0.1) is 0 Å². The van der Waals surface area contributed by atoms with Crippen molar-refractivity contribution in [1.82, 2.24) is 0 Å². The van der Waals surface area contributed by atoms with Gasteiger partial charge in [0.15, 0.2) is 0 Å². The van der Waals surface area contributed by atoms with Gasteiger partial charge in [-0.05, 0) is 18.8 Å². The fraction of sp³-hybridized carbons (Fsp3) is 0.692. The van der Waals surface area contributed by atoms with Crippen molar-refractivity contribution < 1.29 is 23.6 Å². The van der Waals surface area contributed by atoms with Crippen molar-refractivity contribution >= 4 is 0 Å². The molecule has 80 valence electrons. The first-order chi connectivity index (χ1) is 6.83. The van der Waals surface area contributed by atoms with Gasteiger partial charge in [-0.1, -0.05) is 44.6 Å². The molecule has 0 aromatic rings. The summed E-state index contributed by atoms with van der Waals surface area (Å²) in [6, 6.07) is 0. The number of hydrogen-bond acceptors (Lipinski definition) is 1. The molecule has 0 saturated heterocycles. The topological polar surface area (TPSA) is 9.23 Å². The van der Waals surface area contributed by atoms with Gasteiger partial charge in [0.2, 0.25) is 0 Å². The molecule has 15 heavy (non-hydrogen) atoms. The molecule has 0 aromatic heterocycles. The number of methoxy groups -OCH3 is 1. The van der Waals surface area contributed by atoms with E-state index in [9.17, 15) is 0 Å². The molecule has 3 atom stereocenters. The van der Waals surface area contributed by atoms with Crippen molar-refractivity contribution in [3.05, 3.63) is 24.3 Å². The van der Waals surface area contributed by atoms with Crippen molar-refractivity contribution in [1.29, 1.82) is 0 Å². The molecule has 2 rings (SSSR count). The summed E-state index contributed by atoms with van der Waals surface area (Å²) in [4.78, 5) is 0. The molecule has 2 aliphatic rings. The molecule has 1 nitrogen and oxygen atoms in total. The van der Waals surface area contributed by atoms with E-state index in [0.29, 0.717) is 12.0 Å². The summed E-state index contributed by atoms with van der Waals surface area (Å²) in [6.45, 7) is 4.25. The van der Waals surface area contributed by atoms with E-state index < -0.39 is 0 Å². The molecule has 0 spiro atoms. The Morgan fingerprint density at radius 2 is 1.73 bits per heavy atom. The Morgan fingerprint density at radius 3 is 2.33 bits per heavy atom. The second-order valence-electron chi connectivity index (χ2n) is 4.07. The number of rotatable bonds is 1. The summed E-state index contributed by atoms with van der Waals surface area (Å²) >= 11 is 0. The first-order valence-corrected chi connectivity index (χ1v) is 5.71. The van der Waals surface area contributed by atoms with E-state index in [1.165, 1.54) is 19.3 Å². The minimum absolute atomic E-state index is 0. The van der Waals surface area contributed by atoms with Crippen LogP contribution in [0, 0.1) is 11.8 Å². The molecule has 0 heterocycles. The maximum absolute atomic E-state index is 5.40. The molecule has 0 aromatic carbocycles. The largest absolute Gasteiger partial charge is 1.00 e. The maximum atomic E-state index is 5.40. The molecule has 1 saturated carbocycles. The number of ether oxygens (including phenoxy) is 1. The summed E-state index contributed by atoms with van der Waals surface area (Å²) in [5.74, 6) is 1.41. The Kier molecular flexibility index (Phi) is 8.24. The monoisotopic (exact) mass is 201 g/mol. The van der Waals surface area contributed by atoms with Crippen LogP contribution in [0.4, 0.5) is 0 Å². The van der Waals surface area contributed by atoms with Crippen LogP contribution in [0.25, 0.3) is 0 Å². The average Bonchev–Trinajstić information content (AvgIpc) is 2.62. The van der Waals surface area contributed by atoms with E-state index in [2.05, 4.69) is 38.2 Å². The van der Waals surface area contributed by atoms with Crippen LogP contribution in [0.3, 0.4) is 0 Å². The maximum Gasteiger partial charge on any atom is 1.00 e. The van der Waals surface area contributed by atoms with E-state index in [4.69, 9.17) is 4.74 Å². The van der Waals surface area contributed by atoms with Crippen LogP contribution in [0.2, 0.25) is 0 Å². The van der Waals surface area contributed by atoms with E-state index >= 15 is 0 Å². The summed E-state index contributed by atoms with van der Waals surface area (Å²) in [5.41, 5.74) is 0. The van der Waals surface area contributed by atoms with Gasteiger partial charge in [0.1, 0.15) is 0 Å². The van der Waals surface area contributed by atoms with Crippen LogP contribution < -0.4 is 18.9 Å². The van der Waals surface area contributed by atoms with Gasteiger partial charge in [-0.25, -0.2) is 0 Å². The van der Waals surface area contributed by atoms with Gasteiger partial charge < -0.3 is 4.74 Å². The fourth-order valence-electron chi connectivity index (χ4n) is 2.18. The normalized spacial score (nSPS) is 31.3. The Hall–Kier alpha value is 0.0374. The molecule has 1 fully saturated rings. The third kappa shape index (κ3) is 4.19. The zero-order valence-electron chi connectivity index (χ0n) is 10.6. The van der Waals surface area contributed by atoms with E-state index in [1.807, 2.05) is 7.11 Å². The van der Waals surface area contributed by atoms with Crippen molar-refractivity contribution in [2.45, 2.75) is 39.2 Å². The number of hydrogen-bond donors (Lipinski definition) is 0. The van der Waals surface area contributed by atoms with E-state index in [1.54, 1.807) is 0 Å². The Bertz CT molecular complexity index is 211. The first-order valence-electron chi connectivity index (χ1n) is 5.71. The number of fused-ring (bicyclic) bond motifs is 1. The Balaban J connectivity index is 0.000000443. The standard InChI is InChI=1S/C10H14O.C3H8.Li/c1-11-10-7-6-8-4-2-3-5-9(8)10;1-3-2;/h2-5,8-10H,6-7H2,1H3;3H2,1-2H3;/q;;+1. The van der Waals surface area contributed by atoms with Gasteiger partial charge in [-0.2, -0.15) is 0 Å². The molecule has 0 radical (unpaired) electrons. The average molecular weight is 201 g/mol. The van der Waals surface area contributed by atoms with Gasteiger partial charge in [-0.3, -0.25) is 0 Å². The molecule has 0 bridgehead atoms. The quantitative estimate of drug-likeness (QED) is 0.564. The Labute approximate surface area is 106 Å². The second-order valence-corrected chi connectivity index (χ2v) is 4.07. The van der Waals surface area contributed by atoms with Crippen LogP contribution in [0.5, 0.6) is 0 Å². The van der Waals surface area contributed by atoms with Gasteiger partial charge in [0.25, 0.3) is 0 Å². The third-order valence-electron chi connectivity index (χ3n) is 2.81. The van der Waals surface area contributed by atoms with Gasteiger partial charge >= 0.3 is 18.9 Å². The molecule has 0 aliphatic heterocycles. The first kappa shape index (κ1) is 15.0. The molecule has 2 aliphatic carbocycles. The van der Waals surface area contributed by atoms with Crippen LogP contribution >= 0.6 is 0 Å². The van der Waals surface area contributed by atoms with Crippen molar-refractivity contribution in [2.24, 2.45) is 11.8 Å². The SMILES string of the molecule is CCC.COC1CCC2C=CC=CC21.[Li+]. The van der Waals surface area contributed by atoms with Crippen LogP contribution in [-0.4, -0.2) is 13.2 Å². The second kappa shape index (κ2) is 8.22. The molecular formula is C13H22LiO+. The zero-order valence-corrected chi connectivity index (χ0v) is 10.6. The van der Waals surface area contributed by atoms with Crippen LogP contribution in [0.1, 0.15) is 33.1 Å². The minimum atomic E-state index is 0. The summed E-state index contributed by atoms with van der Waals surface area (Å²) in [7, 11) is 1.82. The van der Waals surface area contributed by atoms with Crippen molar-refractivity contribution in [3.63, 3.8) is 0 Å². The summed E-state index contributed by atoms with van der Waals surface area (Å²) in [6.07, 6.45) is 13.1. The molecular weight excluding hydrogens is 179 g/mol. The van der Waals surface area contributed by atoms with Crippen molar-refractivity contribution in [2.75, 3.05) is 7.11 Å². The molecule has 0 amide bonds. The number of allylic oxidation sites excluding steroid dienone is 3. The van der Waals surface area contributed by atoms with Gasteiger partial charge in [0, 0.05) is 13.0 Å². The zero-order chi connectivity index (χ0) is 10.4. The fourth-order valence-corrected chi connectivity index (χ4v) is 2.18. The smallest absolute Gasteiger partial charge is 0.381 e. The molecule has 3 unspecified atom stereocenters. The molecule has 2 heteroatoms. The van der Waals surface area contributed by atoms with Crippen molar-refractivity contribution in [3.8, 4) is 0 Å². The van der Waals surface area contributed by atoms with Crippen LogP contribution in [-0.2, 0) is 4.74 Å².